The average Bonchev–Trinajstić information content (AvgIpc) is 3.01. The van der Waals surface area contributed by atoms with Crippen LogP contribution >= 0.6 is 15.9 Å². The number of hydrogen-bond donors (Lipinski definition) is 2. The van der Waals surface area contributed by atoms with Crippen molar-refractivity contribution < 1.29 is 4.79 Å². The minimum absolute atomic E-state index is 0.0692. The Hall–Kier alpha value is -0.870. The Balaban J connectivity index is 1.61. The number of carbonyl (C=O) groups is 1. The molecule has 2 heterocycles. The number of halogens is 1. The SMILES string of the molecule is CC(NC(=O)C1CC2CCC1N2)c1ccc(Br)cc1. The van der Waals surface area contributed by atoms with Gasteiger partial charge in [0.25, 0.3) is 0 Å². The van der Waals surface area contributed by atoms with E-state index in [0.29, 0.717) is 12.1 Å². The predicted octanol–water partition coefficient (Wildman–Crippen LogP) is 2.77. The van der Waals surface area contributed by atoms with Crippen LogP contribution in [-0.4, -0.2) is 18.0 Å². The standard InChI is InChI=1S/C15H19BrN2O/c1-9(10-2-4-11(16)5-3-10)17-15(19)13-8-12-6-7-14(13)18-12/h2-5,9,12-14,18H,6-8H2,1H3,(H,17,19). The van der Waals surface area contributed by atoms with E-state index >= 15 is 0 Å². The highest BCUT2D eigenvalue weighted by atomic mass is 79.9. The van der Waals surface area contributed by atoms with Crippen LogP contribution in [0.2, 0.25) is 0 Å². The summed E-state index contributed by atoms with van der Waals surface area (Å²) in [6.45, 7) is 2.04. The fraction of sp³-hybridized carbons (Fsp3) is 0.533. The van der Waals surface area contributed by atoms with Crippen molar-refractivity contribution in [2.24, 2.45) is 5.92 Å². The van der Waals surface area contributed by atoms with Crippen molar-refractivity contribution >= 4 is 21.8 Å². The molecular weight excluding hydrogens is 304 g/mol. The van der Waals surface area contributed by atoms with Crippen LogP contribution in [0.15, 0.2) is 28.7 Å². The molecule has 0 saturated carbocycles. The highest BCUT2D eigenvalue weighted by Gasteiger charge is 2.42. The van der Waals surface area contributed by atoms with Gasteiger partial charge in [0.2, 0.25) is 5.91 Å². The molecule has 2 aliphatic rings. The van der Waals surface area contributed by atoms with Crippen molar-refractivity contribution in [3.8, 4) is 0 Å². The second-order valence-corrected chi connectivity index (χ2v) is 6.59. The molecule has 0 spiro atoms. The third-order valence-corrected chi connectivity index (χ3v) is 4.89. The zero-order valence-corrected chi connectivity index (χ0v) is 12.6. The first-order valence-electron chi connectivity index (χ1n) is 6.95. The van der Waals surface area contributed by atoms with E-state index in [1.54, 1.807) is 0 Å². The zero-order chi connectivity index (χ0) is 13.4. The van der Waals surface area contributed by atoms with Gasteiger partial charge in [-0.25, -0.2) is 0 Å². The molecule has 2 saturated heterocycles. The topological polar surface area (TPSA) is 41.1 Å². The lowest BCUT2D eigenvalue weighted by Gasteiger charge is -2.22. The van der Waals surface area contributed by atoms with Gasteiger partial charge in [-0.1, -0.05) is 28.1 Å². The molecule has 2 bridgehead atoms. The second kappa shape index (κ2) is 5.25. The van der Waals surface area contributed by atoms with Gasteiger partial charge in [0.1, 0.15) is 0 Å². The largest absolute Gasteiger partial charge is 0.349 e. The molecule has 4 heteroatoms. The Kier molecular flexibility index (Phi) is 3.63. The van der Waals surface area contributed by atoms with Gasteiger partial charge >= 0.3 is 0 Å². The summed E-state index contributed by atoms with van der Waals surface area (Å²) >= 11 is 3.43. The quantitative estimate of drug-likeness (QED) is 0.898. The van der Waals surface area contributed by atoms with E-state index < -0.39 is 0 Å². The molecule has 0 radical (unpaired) electrons. The third kappa shape index (κ3) is 2.70. The Bertz CT molecular complexity index is 474. The molecule has 0 aliphatic carbocycles. The molecule has 2 fully saturated rings. The summed E-state index contributed by atoms with van der Waals surface area (Å²) in [5.74, 6) is 0.367. The Labute approximate surface area is 122 Å². The molecule has 4 unspecified atom stereocenters. The normalized spacial score (nSPS) is 30.3. The van der Waals surface area contributed by atoms with Crippen LogP contribution in [-0.2, 0) is 4.79 Å². The van der Waals surface area contributed by atoms with Gasteiger partial charge in [-0.3, -0.25) is 4.79 Å². The number of benzene rings is 1. The summed E-state index contributed by atoms with van der Waals surface area (Å²) in [7, 11) is 0. The summed E-state index contributed by atoms with van der Waals surface area (Å²) in [6, 6.07) is 9.17. The van der Waals surface area contributed by atoms with Gasteiger partial charge in [0.15, 0.2) is 0 Å². The van der Waals surface area contributed by atoms with E-state index in [0.717, 1.165) is 22.9 Å². The van der Waals surface area contributed by atoms with Crippen molar-refractivity contribution in [1.29, 1.82) is 0 Å². The third-order valence-electron chi connectivity index (χ3n) is 4.37. The van der Waals surface area contributed by atoms with E-state index in [1.807, 2.05) is 31.2 Å². The van der Waals surface area contributed by atoms with Crippen LogP contribution in [0.3, 0.4) is 0 Å². The molecule has 102 valence electrons. The molecule has 1 aromatic carbocycles. The van der Waals surface area contributed by atoms with Crippen LogP contribution in [0.4, 0.5) is 0 Å². The van der Waals surface area contributed by atoms with Crippen molar-refractivity contribution in [1.82, 2.24) is 10.6 Å². The maximum atomic E-state index is 12.3. The maximum Gasteiger partial charge on any atom is 0.225 e. The molecule has 19 heavy (non-hydrogen) atoms. The molecule has 4 atom stereocenters. The predicted molar refractivity (Wildman–Crippen MR) is 78.8 cm³/mol. The molecule has 2 N–H and O–H groups in total. The van der Waals surface area contributed by atoms with E-state index in [4.69, 9.17) is 0 Å². The van der Waals surface area contributed by atoms with Gasteiger partial charge < -0.3 is 10.6 Å². The lowest BCUT2D eigenvalue weighted by molar-refractivity contribution is -0.126. The lowest BCUT2D eigenvalue weighted by atomic mass is 9.88. The molecule has 3 nitrogen and oxygen atoms in total. The van der Waals surface area contributed by atoms with Crippen molar-refractivity contribution in [3.63, 3.8) is 0 Å². The number of fused-ring (bicyclic) bond motifs is 2. The van der Waals surface area contributed by atoms with Crippen LogP contribution in [0.1, 0.15) is 37.8 Å². The fourth-order valence-electron chi connectivity index (χ4n) is 3.27. The molecule has 2 aliphatic heterocycles. The van der Waals surface area contributed by atoms with E-state index in [-0.39, 0.29) is 17.9 Å². The first kappa shape index (κ1) is 13.1. The number of amides is 1. The number of carbonyl (C=O) groups excluding carboxylic acids is 1. The first-order valence-corrected chi connectivity index (χ1v) is 7.74. The van der Waals surface area contributed by atoms with Gasteiger partial charge in [-0.15, -0.1) is 0 Å². The van der Waals surface area contributed by atoms with E-state index in [2.05, 4.69) is 26.6 Å². The van der Waals surface area contributed by atoms with Gasteiger partial charge in [0, 0.05) is 16.6 Å². The smallest absolute Gasteiger partial charge is 0.225 e. The first-order chi connectivity index (χ1) is 9.13. The summed E-state index contributed by atoms with van der Waals surface area (Å²) in [5, 5.41) is 6.66. The second-order valence-electron chi connectivity index (χ2n) is 5.67. The van der Waals surface area contributed by atoms with Crippen molar-refractivity contribution in [2.45, 2.75) is 44.3 Å². The molecular formula is C15H19BrN2O. The van der Waals surface area contributed by atoms with Gasteiger partial charge in [-0.05, 0) is 43.9 Å². The number of nitrogens with one attached hydrogen (secondary N) is 2. The Morgan fingerprint density at radius 3 is 2.68 bits per heavy atom. The number of rotatable bonds is 3. The van der Waals surface area contributed by atoms with Crippen LogP contribution in [0.5, 0.6) is 0 Å². The lowest BCUT2D eigenvalue weighted by Crippen LogP contribution is -2.38. The van der Waals surface area contributed by atoms with Crippen LogP contribution in [0.25, 0.3) is 0 Å². The number of hydrogen-bond acceptors (Lipinski definition) is 2. The van der Waals surface area contributed by atoms with E-state index in [9.17, 15) is 4.79 Å². The van der Waals surface area contributed by atoms with Crippen molar-refractivity contribution in [3.05, 3.63) is 34.3 Å². The summed E-state index contributed by atoms with van der Waals surface area (Å²) in [6.07, 6.45) is 3.38. The molecule has 0 aromatic heterocycles. The monoisotopic (exact) mass is 322 g/mol. The summed E-state index contributed by atoms with van der Waals surface area (Å²) in [4.78, 5) is 12.3. The van der Waals surface area contributed by atoms with Gasteiger partial charge in [-0.2, -0.15) is 0 Å². The highest BCUT2D eigenvalue weighted by molar-refractivity contribution is 9.10. The maximum absolute atomic E-state index is 12.3. The molecule has 3 rings (SSSR count). The van der Waals surface area contributed by atoms with Crippen LogP contribution in [0, 0.1) is 5.92 Å². The minimum atomic E-state index is 0.0692. The zero-order valence-electron chi connectivity index (χ0n) is 11.0. The molecule has 1 amide bonds. The molecule has 1 aromatic rings. The highest BCUT2D eigenvalue weighted by Crippen LogP contribution is 2.33. The minimum Gasteiger partial charge on any atom is -0.349 e. The van der Waals surface area contributed by atoms with E-state index in [1.165, 1.54) is 6.42 Å². The van der Waals surface area contributed by atoms with Crippen molar-refractivity contribution in [2.75, 3.05) is 0 Å². The average molecular weight is 323 g/mol. The summed E-state index contributed by atoms with van der Waals surface area (Å²) in [5.41, 5.74) is 1.15. The summed E-state index contributed by atoms with van der Waals surface area (Å²) < 4.78 is 1.06. The Morgan fingerprint density at radius 1 is 1.37 bits per heavy atom. The fourth-order valence-corrected chi connectivity index (χ4v) is 3.53. The van der Waals surface area contributed by atoms with Crippen LogP contribution < -0.4 is 10.6 Å². The Morgan fingerprint density at radius 2 is 2.11 bits per heavy atom. The van der Waals surface area contributed by atoms with Gasteiger partial charge in [0.05, 0.1) is 12.0 Å².